The largest absolute Gasteiger partial charge is 0.445 e. The van der Waals surface area contributed by atoms with Crippen LogP contribution in [0.1, 0.15) is 27.2 Å². The molecule has 14 heavy (non-hydrogen) atoms. The lowest BCUT2D eigenvalue weighted by atomic mass is 9.84. The predicted molar refractivity (Wildman–Crippen MR) is 54.9 cm³/mol. The van der Waals surface area contributed by atoms with E-state index in [1.807, 2.05) is 0 Å². The highest BCUT2D eigenvalue weighted by molar-refractivity contribution is 5.64. The molecule has 1 fully saturated rings. The highest BCUT2D eigenvalue weighted by atomic mass is 16.6. The van der Waals surface area contributed by atoms with Gasteiger partial charge in [-0.25, -0.2) is 4.79 Å². The van der Waals surface area contributed by atoms with Crippen molar-refractivity contribution in [3.8, 4) is 0 Å². The number of hydrogen-bond donors (Lipinski definition) is 1. The summed E-state index contributed by atoms with van der Waals surface area (Å²) in [6.45, 7) is 7.41. The van der Waals surface area contributed by atoms with Crippen LogP contribution in [0, 0.1) is 5.41 Å². The zero-order chi connectivity index (χ0) is 10.9. The Morgan fingerprint density at radius 2 is 2.07 bits per heavy atom. The van der Waals surface area contributed by atoms with Crippen LogP contribution in [0.3, 0.4) is 0 Å². The van der Waals surface area contributed by atoms with Gasteiger partial charge in [-0.05, 0) is 18.9 Å². The van der Waals surface area contributed by atoms with E-state index in [1.54, 1.807) is 0 Å². The maximum atomic E-state index is 10.7. The smallest absolute Gasteiger partial charge is 0.404 e. The number of hydrogen-bond acceptors (Lipinski definition) is 3. The molecule has 1 aliphatic rings. The number of nitrogens with zero attached hydrogens (tertiary/aromatic N) is 1. The van der Waals surface area contributed by atoms with Crippen molar-refractivity contribution in [3.05, 3.63) is 0 Å². The van der Waals surface area contributed by atoms with Crippen LogP contribution in [-0.2, 0) is 4.74 Å². The first kappa shape index (κ1) is 11.3. The molecule has 0 aliphatic carbocycles. The third-order valence-corrected chi connectivity index (χ3v) is 2.75. The molecule has 0 aromatic carbocycles. The number of carbonyl (C=O) groups is 1. The topological polar surface area (TPSA) is 55.6 Å². The van der Waals surface area contributed by atoms with Crippen molar-refractivity contribution in [1.29, 1.82) is 0 Å². The number of primary amides is 1. The summed E-state index contributed by atoms with van der Waals surface area (Å²) in [4.78, 5) is 12.9. The van der Waals surface area contributed by atoms with Gasteiger partial charge in [-0.15, -0.1) is 0 Å². The number of ether oxygens (including phenoxy) is 1. The first-order chi connectivity index (χ1) is 6.32. The van der Waals surface area contributed by atoms with E-state index in [-0.39, 0.29) is 17.6 Å². The Kier molecular flexibility index (Phi) is 3.04. The molecule has 2 atom stereocenters. The lowest BCUT2D eigenvalue weighted by Gasteiger charge is -2.35. The second-order valence-corrected chi connectivity index (χ2v) is 5.06. The summed E-state index contributed by atoms with van der Waals surface area (Å²) in [5.41, 5.74) is 5.15. The third kappa shape index (κ3) is 2.38. The number of amides is 1. The number of likely N-dealkylation sites (N-methyl/N-ethyl adjacent to an activating group) is 1. The standard InChI is InChI=1S/C10H20N2O2/c1-10(2,3)8-7(14-9(11)13)5-6-12(8)4/h7-8H,5-6H2,1-4H3,(H2,11,13). The first-order valence-electron chi connectivity index (χ1n) is 4.98. The van der Waals surface area contributed by atoms with Gasteiger partial charge in [-0.2, -0.15) is 0 Å². The van der Waals surface area contributed by atoms with Gasteiger partial charge in [0.25, 0.3) is 0 Å². The van der Waals surface area contributed by atoms with Crippen LogP contribution in [0.25, 0.3) is 0 Å². The average molecular weight is 200 g/mol. The Morgan fingerprint density at radius 3 is 2.50 bits per heavy atom. The minimum Gasteiger partial charge on any atom is -0.445 e. The number of carbonyl (C=O) groups excluding carboxylic acids is 1. The van der Waals surface area contributed by atoms with Gasteiger partial charge < -0.3 is 10.5 Å². The van der Waals surface area contributed by atoms with E-state index >= 15 is 0 Å². The SMILES string of the molecule is CN1CCC(OC(N)=O)C1C(C)(C)C. The van der Waals surface area contributed by atoms with Crippen molar-refractivity contribution in [2.24, 2.45) is 11.1 Å². The molecule has 0 saturated carbocycles. The second kappa shape index (κ2) is 3.77. The van der Waals surface area contributed by atoms with E-state index in [1.165, 1.54) is 0 Å². The van der Waals surface area contributed by atoms with Crippen molar-refractivity contribution >= 4 is 6.09 Å². The van der Waals surface area contributed by atoms with Gasteiger partial charge in [0.2, 0.25) is 0 Å². The van der Waals surface area contributed by atoms with Crippen LogP contribution < -0.4 is 5.73 Å². The molecule has 1 saturated heterocycles. The Hall–Kier alpha value is -0.770. The molecule has 0 aromatic rings. The molecule has 82 valence electrons. The van der Waals surface area contributed by atoms with Gasteiger partial charge in [0.15, 0.2) is 0 Å². The molecule has 0 radical (unpaired) electrons. The minimum absolute atomic E-state index is 0.0579. The van der Waals surface area contributed by atoms with Gasteiger partial charge in [-0.3, -0.25) is 4.90 Å². The average Bonchev–Trinajstić information content (AvgIpc) is 2.28. The maximum absolute atomic E-state index is 10.7. The molecular formula is C10H20N2O2. The molecule has 4 heteroatoms. The van der Waals surface area contributed by atoms with E-state index in [2.05, 4.69) is 32.7 Å². The van der Waals surface area contributed by atoms with Crippen LogP contribution in [0.5, 0.6) is 0 Å². The number of nitrogens with two attached hydrogens (primary N) is 1. The Morgan fingerprint density at radius 1 is 1.50 bits per heavy atom. The summed E-state index contributed by atoms with van der Waals surface area (Å²) in [5, 5.41) is 0. The van der Waals surface area contributed by atoms with E-state index in [0.29, 0.717) is 0 Å². The van der Waals surface area contributed by atoms with Crippen molar-refractivity contribution in [2.45, 2.75) is 39.3 Å². The summed E-state index contributed by atoms with van der Waals surface area (Å²) in [7, 11) is 2.06. The molecule has 0 bridgehead atoms. The van der Waals surface area contributed by atoms with Crippen LogP contribution in [0.2, 0.25) is 0 Å². The van der Waals surface area contributed by atoms with Crippen LogP contribution in [-0.4, -0.2) is 36.7 Å². The molecule has 4 nitrogen and oxygen atoms in total. The van der Waals surface area contributed by atoms with Crippen molar-refractivity contribution in [3.63, 3.8) is 0 Å². The third-order valence-electron chi connectivity index (χ3n) is 2.75. The molecular weight excluding hydrogens is 180 g/mol. The first-order valence-corrected chi connectivity index (χ1v) is 4.98. The van der Waals surface area contributed by atoms with E-state index in [0.717, 1.165) is 13.0 Å². The van der Waals surface area contributed by atoms with Gasteiger partial charge >= 0.3 is 6.09 Å². The zero-order valence-electron chi connectivity index (χ0n) is 9.41. The molecule has 2 N–H and O–H groups in total. The Labute approximate surface area is 85.4 Å². The number of rotatable bonds is 1. The Bertz CT molecular complexity index is 223. The van der Waals surface area contributed by atoms with Gasteiger partial charge in [0, 0.05) is 6.54 Å². The van der Waals surface area contributed by atoms with Crippen LogP contribution in [0.4, 0.5) is 4.79 Å². The predicted octanol–water partition coefficient (Wildman–Crippen LogP) is 1.20. The van der Waals surface area contributed by atoms with Gasteiger partial charge in [0.05, 0.1) is 6.04 Å². The van der Waals surface area contributed by atoms with Gasteiger partial charge in [0.1, 0.15) is 6.10 Å². The quantitative estimate of drug-likeness (QED) is 0.692. The van der Waals surface area contributed by atoms with E-state index < -0.39 is 6.09 Å². The van der Waals surface area contributed by atoms with Crippen molar-refractivity contribution in [2.75, 3.05) is 13.6 Å². The van der Waals surface area contributed by atoms with Crippen LogP contribution in [0.15, 0.2) is 0 Å². The molecule has 1 amide bonds. The summed E-state index contributed by atoms with van der Waals surface area (Å²) in [5.74, 6) is 0. The zero-order valence-corrected chi connectivity index (χ0v) is 9.41. The highest BCUT2D eigenvalue weighted by Gasteiger charge is 2.41. The fourth-order valence-electron chi connectivity index (χ4n) is 2.40. The van der Waals surface area contributed by atoms with Crippen molar-refractivity contribution in [1.82, 2.24) is 4.90 Å². The molecule has 1 heterocycles. The molecule has 2 unspecified atom stereocenters. The summed E-state index contributed by atoms with van der Waals surface area (Å²) >= 11 is 0. The maximum Gasteiger partial charge on any atom is 0.404 e. The fraction of sp³-hybridized carbons (Fsp3) is 0.900. The summed E-state index contributed by atoms with van der Waals surface area (Å²) < 4.78 is 5.12. The Balaban J connectivity index is 2.72. The van der Waals surface area contributed by atoms with Gasteiger partial charge in [-0.1, -0.05) is 20.8 Å². The lowest BCUT2D eigenvalue weighted by molar-refractivity contribution is 0.0394. The van der Waals surface area contributed by atoms with Crippen LogP contribution >= 0.6 is 0 Å². The highest BCUT2D eigenvalue weighted by Crippen LogP contribution is 2.33. The lowest BCUT2D eigenvalue weighted by Crippen LogP contribution is -2.45. The van der Waals surface area contributed by atoms with E-state index in [9.17, 15) is 4.79 Å². The number of likely N-dealkylation sites (tertiary alicyclic amines) is 1. The molecule has 0 aromatic heterocycles. The minimum atomic E-state index is -0.667. The summed E-state index contributed by atoms with van der Waals surface area (Å²) in [6, 6.07) is 0.259. The van der Waals surface area contributed by atoms with Crippen molar-refractivity contribution < 1.29 is 9.53 Å². The summed E-state index contributed by atoms with van der Waals surface area (Å²) in [6.07, 6.45) is 0.151. The normalized spacial score (nSPS) is 29.1. The molecule has 1 aliphatic heterocycles. The molecule has 0 spiro atoms. The fourth-order valence-corrected chi connectivity index (χ4v) is 2.40. The monoisotopic (exact) mass is 200 g/mol. The van der Waals surface area contributed by atoms with E-state index in [4.69, 9.17) is 10.5 Å². The second-order valence-electron chi connectivity index (χ2n) is 5.06. The molecule has 1 rings (SSSR count).